The van der Waals surface area contributed by atoms with Crippen LogP contribution in [0.5, 0.6) is 5.75 Å². The van der Waals surface area contributed by atoms with Crippen molar-refractivity contribution < 1.29 is 24.2 Å². The van der Waals surface area contributed by atoms with Crippen molar-refractivity contribution in [3.8, 4) is 5.75 Å². The van der Waals surface area contributed by atoms with Gasteiger partial charge in [-0.05, 0) is 62.9 Å². The molecule has 0 saturated carbocycles. The molecule has 30 heavy (non-hydrogen) atoms. The third-order valence-electron chi connectivity index (χ3n) is 4.88. The van der Waals surface area contributed by atoms with E-state index in [4.69, 9.17) is 9.47 Å². The number of aliphatic hydroxyl groups excluding tert-OH is 1. The normalized spacial score (nSPS) is 18.4. The molecule has 1 unspecified atom stereocenters. The number of likely N-dealkylation sites (tertiary alicyclic amines) is 1. The molecule has 6 nitrogen and oxygen atoms in total. The van der Waals surface area contributed by atoms with E-state index in [0.29, 0.717) is 18.8 Å². The van der Waals surface area contributed by atoms with Gasteiger partial charge >= 0.3 is 0 Å². The molecular formula is C23H27NO5S. The van der Waals surface area contributed by atoms with E-state index >= 15 is 0 Å². The maximum atomic E-state index is 12.9. The number of carbonyl (C=O) groups excluding carboxylic acids is 2. The number of nitrogens with zero attached hydrogens (tertiary/aromatic N) is 1. The van der Waals surface area contributed by atoms with Crippen LogP contribution in [-0.4, -0.2) is 47.6 Å². The molecule has 1 aliphatic heterocycles. The number of ketones is 1. The Morgan fingerprint density at radius 3 is 2.63 bits per heavy atom. The van der Waals surface area contributed by atoms with E-state index in [9.17, 15) is 14.7 Å². The number of amides is 1. The van der Waals surface area contributed by atoms with Crippen LogP contribution in [0.15, 0.2) is 41.3 Å². The third-order valence-corrected chi connectivity index (χ3v) is 5.81. The van der Waals surface area contributed by atoms with Crippen LogP contribution in [0.25, 0.3) is 5.76 Å². The van der Waals surface area contributed by atoms with Gasteiger partial charge in [0, 0.05) is 17.0 Å². The number of hydrogen-bond donors (Lipinski definition) is 1. The van der Waals surface area contributed by atoms with Crippen molar-refractivity contribution in [1.29, 1.82) is 0 Å². The molecule has 1 aromatic carbocycles. The van der Waals surface area contributed by atoms with E-state index < -0.39 is 17.7 Å². The first-order chi connectivity index (χ1) is 14.3. The highest BCUT2D eigenvalue weighted by Crippen LogP contribution is 2.41. The number of Topliss-reactive ketones (excluding diaryl/α,β-unsaturated/α-hetero) is 1. The molecular weight excluding hydrogens is 402 g/mol. The van der Waals surface area contributed by atoms with Crippen LogP contribution in [0.1, 0.15) is 42.8 Å². The minimum absolute atomic E-state index is 0.0221. The summed E-state index contributed by atoms with van der Waals surface area (Å²) in [5.41, 5.74) is 1.43. The lowest BCUT2D eigenvalue weighted by Gasteiger charge is -2.24. The SMILES string of the molecule is CCOc1ccc(/C(O)=C2/C(=O)C(=O)N(CCOC(C)C)C2c2cccs2)cc1C. The van der Waals surface area contributed by atoms with Crippen molar-refractivity contribution in [2.24, 2.45) is 0 Å². The minimum atomic E-state index is -0.679. The Morgan fingerprint density at radius 2 is 2.03 bits per heavy atom. The van der Waals surface area contributed by atoms with Crippen LogP contribution in [0.3, 0.4) is 0 Å². The summed E-state index contributed by atoms with van der Waals surface area (Å²) in [5, 5.41) is 13.0. The largest absolute Gasteiger partial charge is 0.507 e. The first-order valence-electron chi connectivity index (χ1n) is 10.0. The average molecular weight is 430 g/mol. The van der Waals surface area contributed by atoms with Gasteiger partial charge in [-0.2, -0.15) is 0 Å². The molecule has 3 rings (SSSR count). The lowest BCUT2D eigenvalue weighted by molar-refractivity contribution is -0.140. The van der Waals surface area contributed by atoms with Gasteiger partial charge in [-0.15, -0.1) is 11.3 Å². The molecule has 7 heteroatoms. The second-order valence-corrected chi connectivity index (χ2v) is 8.32. The molecule has 0 spiro atoms. The molecule has 160 valence electrons. The molecule has 0 aliphatic carbocycles. The lowest BCUT2D eigenvalue weighted by Crippen LogP contribution is -2.33. The van der Waals surface area contributed by atoms with Gasteiger partial charge in [-0.3, -0.25) is 9.59 Å². The maximum Gasteiger partial charge on any atom is 0.295 e. The summed E-state index contributed by atoms with van der Waals surface area (Å²) in [6, 6.07) is 8.34. The van der Waals surface area contributed by atoms with Crippen LogP contribution in [0.4, 0.5) is 0 Å². The molecule has 1 fully saturated rings. The zero-order chi connectivity index (χ0) is 21.8. The Labute approximate surface area is 180 Å². The predicted octanol–water partition coefficient (Wildman–Crippen LogP) is 4.30. The Kier molecular flexibility index (Phi) is 6.95. The number of aryl methyl sites for hydroxylation is 1. The van der Waals surface area contributed by atoms with Gasteiger partial charge in [0.2, 0.25) is 0 Å². The molecule has 0 radical (unpaired) electrons. The van der Waals surface area contributed by atoms with Gasteiger partial charge in [-0.25, -0.2) is 0 Å². The van der Waals surface area contributed by atoms with Gasteiger partial charge in [0.15, 0.2) is 0 Å². The van der Waals surface area contributed by atoms with Gasteiger partial charge in [0.25, 0.3) is 11.7 Å². The van der Waals surface area contributed by atoms with Crippen molar-refractivity contribution in [3.63, 3.8) is 0 Å². The van der Waals surface area contributed by atoms with E-state index in [1.165, 1.54) is 16.2 Å². The fourth-order valence-corrected chi connectivity index (χ4v) is 4.36. The maximum absolute atomic E-state index is 12.9. The van der Waals surface area contributed by atoms with Crippen molar-refractivity contribution >= 4 is 28.8 Å². The highest BCUT2D eigenvalue weighted by Gasteiger charge is 2.46. The highest BCUT2D eigenvalue weighted by atomic mass is 32.1. The zero-order valence-corrected chi connectivity index (χ0v) is 18.5. The molecule has 1 aliphatic rings. The fraction of sp³-hybridized carbons (Fsp3) is 0.391. The standard InChI is InChI=1S/C23H27NO5S/c1-5-28-17-9-8-16(13-15(17)4)21(25)19-20(18-7-6-12-30-18)24(23(27)22(19)26)10-11-29-14(2)3/h6-9,12-14,20,25H,5,10-11H2,1-4H3/b21-19-. The Balaban J connectivity index is 2.03. The van der Waals surface area contributed by atoms with E-state index in [0.717, 1.165) is 16.2 Å². The van der Waals surface area contributed by atoms with Gasteiger partial charge in [-0.1, -0.05) is 6.07 Å². The van der Waals surface area contributed by atoms with Crippen LogP contribution in [-0.2, 0) is 14.3 Å². The van der Waals surface area contributed by atoms with E-state index in [-0.39, 0.29) is 24.0 Å². The topological polar surface area (TPSA) is 76.1 Å². The van der Waals surface area contributed by atoms with Crippen LogP contribution < -0.4 is 4.74 Å². The van der Waals surface area contributed by atoms with Gasteiger partial charge in [0.1, 0.15) is 11.5 Å². The summed E-state index contributed by atoms with van der Waals surface area (Å²) >= 11 is 1.44. The molecule has 1 amide bonds. The lowest BCUT2D eigenvalue weighted by atomic mass is 9.99. The first-order valence-corrected chi connectivity index (χ1v) is 10.9. The molecule has 2 aromatic rings. The molecule has 1 saturated heterocycles. The summed E-state index contributed by atoms with van der Waals surface area (Å²) in [6.07, 6.45) is 0.0221. The second-order valence-electron chi connectivity index (χ2n) is 7.34. The monoisotopic (exact) mass is 429 g/mol. The predicted molar refractivity (Wildman–Crippen MR) is 117 cm³/mol. The Bertz CT molecular complexity index is 949. The number of carbonyl (C=O) groups is 2. The Hall–Kier alpha value is -2.64. The first kappa shape index (κ1) is 22.1. The summed E-state index contributed by atoms with van der Waals surface area (Å²) in [6.45, 7) is 8.73. The smallest absolute Gasteiger partial charge is 0.295 e. The van der Waals surface area contributed by atoms with E-state index in [1.54, 1.807) is 18.2 Å². The second kappa shape index (κ2) is 9.45. The third kappa shape index (κ3) is 4.42. The minimum Gasteiger partial charge on any atom is -0.507 e. The molecule has 1 N–H and O–H groups in total. The van der Waals surface area contributed by atoms with Crippen LogP contribution >= 0.6 is 11.3 Å². The summed E-state index contributed by atoms with van der Waals surface area (Å²) < 4.78 is 11.1. The van der Waals surface area contributed by atoms with Crippen molar-refractivity contribution in [2.75, 3.05) is 19.8 Å². The number of benzene rings is 1. The van der Waals surface area contributed by atoms with E-state index in [1.807, 2.05) is 45.2 Å². The quantitative estimate of drug-likeness (QED) is 0.385. The molecule has 2 heterocycles. The van der Waals surface area contributed by atoms with Crippen LogP contribution in [0, 0.1) is 6.92 Å². The number of rotatable bonds is 8. The average Bonchev–Trinajstić information content (AvgIpc) is 3.31. The fourth-order valence-electron chi connectivity index (χ4n) is 3.51. The molecule has 0 bridgehead atoms. The Morgan fingerprint density at radius 1 is 1.27 bits per heavy atom. The van der Waals surface area contributed by atoms with Crippen LogP contribution in [0.2, 0.25) is 0 Å². The molecule has 1 atom stereocenters. The number of hydrogen-bond acceptors (Lipinski definition) is 6. The van der Waals surface area contributed by atoms with E-state index in [2.05, 4.69) is 0 Å². The number of aliphatic hydroxyl groups is 1. The van der Waals surface area contributed by atoms with Crippen molar-refractivity contribution in [2.45, 2.75) is 39.8 Å². The number of thiophene rings is 1. The van der Waals surface area contributed by atoms with Gasteiger partial charge < -0.3 is 19.5 Å². The summed E-state index contributed by atoms with van der Waals surface area (Å²) in [5.74, 6) is -0.757. The van der Waals surface area contributed by atoms with Gasteiger partial charge in [0.05, 0.1) is 30.9 Å². The van der Waals surface area contributed by atoms with Crippen molar-refractivity contribution in [3.05, 3.63) is 57.3 Å². The number of ether oxygens (including phenoxy) is 2. The van der Waals surface area contributed by atoms with Crippen molar-refractivity contribution in [1.82, 2.24) is 4.90 Å². The highest BCUT2D eigenvalue weighted by molar-refractivity contribution is 7.10. The summed E-state index contributed by atoms with van der Waals surface area (Å²) in [7, 11) is 0. The zero-order valence-electron chi connectivity index (χ0n) is 17.7. The molecule has 1 aromatic heterocycles. The summed E-state index contributed by atoms with van der Waals surface area (Å²) in [4.78, 5) is 28.0.